The molecule has 1 saturated heterocycles. The highest BCUT2D eigenvalue weighted by atomic mass is 32.2. The molecule has 4 aromatic rings. The van der Waals surface area contributed by atoms with Gasteiger partial charge in [0.1, 0.15) is 12.1 Å². The minimum Gasteiger partial charge on any atom is -0.406 e. The number of aryl methyl sites for hydroxylation is 2. The summed E-state index contributed by atoms with van der Waals surface area (Å²) in [5.74, 6) is 1.29. The van der Waals surface area contributed by atoms with Crippen molar-refractivity contribution in [3.8, 4) is 22.8 Å². The van der Waals surface area contributed by atoms with Crippen LogP contribution in [0, 0.1) is 12.8 Å². The number of ether oxygens (including phenoxy) is 1. The van der Waals surface area contributed by atoms with Crippen molar-refractivity contribution in [2.75, 3.05) is 17.2 Å². The van der Waals surface area contributed by atoms with E-state index in [9.17, 15) is 18.0 Å². The van der Waals surface area contributed by atoms with Gasteiger partial charge >= 0.3 is 12.4 Å². The second kappa shape index (κ2) is 15.1. The smallest absolute Gasteiger partial charge is 0.406 e. The molecule has 5 rings (SSSR count). The van der Waals surface area contributed by atoms with Crippen LogP contribution in [0.3, 0.4) is 0 Å². The molecule has 248 valence electrons. The molecule has 12 heteroatoms. The summed E-state index contributed by atoms with van der Waals surface area (Å²) >= 11 is 1.63. The highest BCUT2D eigenvalue weighted by molar-refractivity contribution is 8.14. The zero-order valence-corrected chi connectivity index (χ0v) is 27.7. The number of aromatic nitrogens is 3. The number of rotatable bonds is 10. The van der Waals surface area contributed by atoms with Crippen LogP contribution in [0.1, 0.15) is 50.3 Å². The fraction of sp³-hybridized carbons (Fsp3) is 0.371. The lowest BCUT2D eigenvalue weighted by Gasteiger charge is -2.37. The monoisotopic (exact) mass is 664 g/mol. The summed E-state index contributed by atoms with van der Waals surface area (Å²) in [7, 11) is 0. The van der Waals surface area contributed by atoms with E-state index >= 15 is 0 Å². The molecule has 0 aliphatic carbocycles. The highest BCUT2D eigenvalue weighted by Crippen LogP contribution is 2.33. The van der Waals surface area contributed by atoms with E-state index in [1.807, 2.05) is 24.3 Å². The molecule has 1 N–H and O–H groups in total. The van der Waals surface area contributed by atoms with Crippen molar-refractivity contribution in [2.24, 2.45) is 10.9 Å². The van der Waals surface area contributed by atoms with Crippen LogP contribution in [0.4, 0.5) is 23.7 Å². The Bertz CT molecular complexity index is 1690. The summed E-state index contributed by atoms with van der Waals surface area (Å²) in [5, 5.41) is 8.22. The lowest BCUT2D eigenvalue weighted by atomic mass is 10.00. The number of alkyl halides is 3. The highest BCUT2D eigenvalue weighted by Gasteiger charge is 2.31. The fourth-order valence-corrected chi connectivity index (χ4v) is 6.69. The molecule has 1 aliphatic rings. The van der Waals surface area contributed by atoms with E-state index in [4.69, 9.17) is 0 Å². The maximum absolute atomic E-state index is 13.0. The van der Waals surface area contributed by atoms with Gasteiger partial charge in [0, 0.05) is 29.6 Å². The Morgan fingerprint density at radius 2 is 1.87 bits per heavy atom. The predicted molar refractivity (Wildman–Crippen MR) is 181 cm³/mol. The van der Waals surface area contributed by atoms with Crippen LogP contribution in [0.2, 0.25) is 0 Å². The first kappa shape index (κ1) is 34.0. The summed E-state index contributed by atoms with van der Waals surface area (Å²) in [5.41, 5.74) is 6.07. The molecule has 8 nitrogen and oxygen atoms in total. The zero-order valence-electron chi connectivity index (χ0n) is 26.9. The molecule has 2 unspecified atom stereocenters. The SMILES string of the molecule is CCCc1ccc(C)cc1N1/C(=N/C(=O)NCC(C)Cc2ccc(-c3ncn(-c4ccc(OC(F)(F)F)cc4)n3)cc2)SCCC1C. The minimum atomic E-state index is -4.75. The fourth-order valence-electron chi connectivity index (χ4n) is 5.49. The number of carbonyl (C=O) groups is 1. The Morgan fingerprint density at radius 1 is 1.13 bits per heavy atom. The minimum absolute atomic E-state index is 0.175. The quantitative estimate of drug-likeness (QED) is 0.183. The Hall–Kier alpha value is -4.32. The third kappa shape index (κ3) is 9.15. The first-order chi connectivity index (χ1) is 22.5. The van der Waals surface area contributed by atoms with E-state index in [0.717, 1.165) is 53.4 Å². The van der Waals surface area contributed by atoms with Gasteiger partial charge in [-0.05, 0) is 86.1 Å². The number of halogens is 3. The number of carbonyl (C=O) groups excluding carboxylic acids is 1. The number of nitrogens with one attached hydrogen (secondary N) is 1. The topological polar surface area (TPSA) is 84.6 Å². The van der Waals surface area contributed by atoms with Crippen LogP contribution < -0.4 is 15.0 Å². The molecule has 3 aromatic carbocycles. The van der Waals surface area contributed by atoms with Crippen molar-refractivity contribution < 1.29 is 22.7 Å². The lowest BCUT2D eigenvalue weighted by molar-refractivity contribution is -0.274. The van der Waals surface area contributed by atoms with Gasteiger partial charge < -0.3 is 15.0 Å². The Kier molecular flexibility index (Phi) is 10.9. The second-order valence-corrected chi connectivity index (χ2v) is 12.9. The van der Waals surface area contributed by atoms with E-state index in [-0.39, 0.29) is 23.7 Å². The summed E-state index contributed by atoms with van der Waals surface area (Å²) in [6.07, 6.45) is 0.565. The van der Waals surface area contributed by atoms with Gasteiger partial charge in [-0.1, -0.05) is 68.4 Å². The van der Waals surface area contributed by atoms with Crippen molar-refractivity contribution in [3.05, 3.63) is 89.7 Å². The maximum Gasteiger partial charge on any atom is 0.573 e. The van der Waals surface area contributed by atoms with Gasteiger partial charge in [0.15, 0.2) is 11.0 Å². The van der Waals surface area contributed by atoms with Crippen molar-refractivity contribution in [2.45, 2.75) is 65.8 Å². The molecular formula is C35H39F3N6O2S. The molecule has 2 heterocycles. The van der Waals surface area contributed by atoms with E-state index in [1.165, 1.54) is 46.4 Å². The number of urea groups is 1. The number of aliphatic imine (C=N–C) groups is 1. The normalized spacial score (nSPS) is 16.7. The molecule has 1 aromatic heterocycles. The summed E-state index contributed by atoms with van der Waals surface area (Å²) < 4.78 is 42.7. The van der Waals surface area contributed by atoms with Crippen molar-refractivity contribution in [1.29, 1.82) is 0 Å². The van der Waals surface area contributed by atoms with Crippen molar-refractivity contribution in [1.82, 2.24) is 20.1 Å². The first-order valence-corrected chi connectivity index (χ1v) is 16.7. The average molecular weight is 665 g/mol. The molecule has 0 spiro atoms. The third-order valence-corrected chi connectivity index (χ3v) is 8.84. The number of thioether (sulfide) groups is 1. The van der Waals surface area contributed by atoms with Crippen LogP contribution in [0.5, 0.6) is 5.75 Å². The Balaban J connectivity index is 1.17. The lowest BCUT2D eigenvalue weighted by Crippen LogP contribution is -2.43. The molecule has 2 amide bonds. The second-order valence-electron chi connectivity index (χ2n) is 11.9. The van der Waals surface area contributed by atoms with Crippen molar-refractivity contribution in [3.63, 3.8) is 0 Å². The number of hydrogen-bond acceptors (Lipinski definition) is 5. The van der Waals surface area contributed by atoms with Crippen LogP contribution in [0.25, 0.3) is 17.1 Å². The van der Waals surface area contributed by atoms with Gasteiger partial charge in [0.25, 0.3) is 0 Å². The number of hydrogen-bond donors (Lipinski definition) is 1. The Morgan fingerprint density at radius 3 is 2.57 bits per heavy atom. The van der Waals surface area contributed by atoms with Crippen LogP contribution in [-0.2, 0) is 12.8 Å². The number of anilines is 1. The largest absolute Gasteiger partial charge is 0.573 e. The molecule has 1 aliphatic heterocycles. The van der Waals surface area contributed by atoms with Crippen LogP contribution in [0.15, 0.2) is 78.0 Å². The molecule has 1 fully saturated rings. The summed E-state index contributed by atoms with van der Waals surface area (Å²) in [4.78, 5) is 24.1. The molecular weight excluding hydrogens is 625 g/mol. The van der Waals surface area contributed by atoms with Gasteiger partial charge in [-0.3, -0.25) is 0 Å². The molecule has 0 saturated carbocycles. The summed E-state index contributed by atoms with van der Waals surface area (Å²) in [6, 6.07) is 19.8. The van der Waals surface area contributed by atoms with Crippen LogP contribution in [-0.4, -0.2) is 50.7 Å². The van der Waals surface area contributed by atoms with Gasteiger partial charge in [-0.15, -0.1) is 18.3 Å². The number of amides is 2. The van der Waals surface area contributed by atoms with E-state index in [2.05, 4.69) is 75.9 Å². The average Bonchev–Trinajstić information content (AvgIpc) is 3.52. The summed E-state index contributed by atoms with van der Waals surface area (Å²) in [6.45, 7) is 9.04. The van der Waals surface area contributed by atoms with E-state index in [1.54, 1.807) is 11.8 Å². The molecule has 0 bridgehead atoms. The predicted octanol–water partition coefficient (Wildman–Crippen LogP) is 8.37. The number of nitrogens with zero attached hydrogens (tertiary/aromatic N) is 5. The first-order valence-electron chi connectivity index (χ1n) is 15.7. The number of amidine groups is 1. The van der Waals surface area contributed by atoms with Crippen LogP contribution >= 0.6 is 11.8 Å². The number of benzene rings is 3. The van der Waals surface area contributed by atoms with Gasteiger partial charge in [-0.2, -0.15) is 4.99 Å². The van der Waals surface area contributed by atoms with E-state index < -0.39 is 6.36 Å². The molecule has 2 atom stereocenters. The third-order valence-electron chi connectivity index (χ3n) is 7.86. The van der Waals surface area contributed by atoms with Crippen molar-refractivity contribution >= 4 is 28.6 Å². The Labute approximate surface area is 277 Å². The standard InChI is InChI=1S/C35H39F3N6O2S/c1-5-6-27-10-7-23(2)20-31(27)44-25(4)17-18-47-34(44)41-33(45)39-21-24(3)19-26-8-11-28(12-9-26)32-40-22-43(42-32)29-13-15-30(16-14-29)46-35(36,37)38/h7-16,20,22,24-25H,5-6,17-19,21H2,1-4H3,(H,39,45)/b41-34-. The van der Waals surface area contributed by atoms with Gasteiger partial charge in [0.05, 0.1) is 5.69 Å². The molecule has 47 heavy (non-hydrogen) atoms. The van der Waals surface area contributed by atoms with E-state index in [0.29, 0.717) is 18.1 Å². The maximum atomic E-state index is 13.0. The zero-order chi connectivity index (χ0) is 33.6. The van der Waals surface area contributed by atoms with Gasteiger partial charge in [-0.25, -0.2) is 14.5 Å². The van der Waals surface area contributed by atoms with Gasteiger partial charge in [0.2, 0.25) is 0 Å². The molecule has 0 radical (unpaired) electrons.